The fourth-order valence-corrected chi connectivity index (χ4v) is 7.02. The first kappa shape index (κ1) is 31.8. The summed E-state index contributed by atoms with van der Waals surface area (Å²) in [6.45, 7) is 11.4. The third-order valence-electron chi connectivity index (χ3n) is 9.85. The van der Waals surface area contributed by atoms with E-state index in [0.29, 0.717) is 43.0 Å². The van der Waals surface area contributed by atoms with Crippen molar-refractivity contribution in [2.45, 2.75) is 58.7 Å². The van der Waals surface area contributed by atoms with Crippen molar-refractivity contribution in [1.82, 2.24) is 48.9 Å². The van der Waals surface area contributed by atoms with Gasteiger partial charge in [-0.2, -0.15) is 10.2 Å². The van der Waals surface area contributed by atoms with Gasteiger partial charge < -0.3 is 29.2 Å². The highest BCUT2D eigenvalue weighted by atomic mass is 16.6. The van der Waals surface area contributed by atoms with E-state index in [4.69, 9.17) is 24.5 Å². The molecule has 1 spiro atoms. The Morgan fingerprint density at radius 2 is 1.96 bits per heavy atom. The number of nitrogens with one attached hydrogen (secondary N) is 1. The summed E-state index contributed by atoms with van der Waals surface area (Å²) < 4.78 is 17.9. The fraction of sp³-hybridized carbons (Fsp3) is 0.444. The predicted octanol–water partition coefficient (Wildman–Crippen LogP) is 5.67. The van der Waals surface area contributed by atoms with Gasteiger partial charge in [0.2, 0.25) is 5.88 Å². The summed E-state index contributed by atoms with van der Waals surface area (Å²) in [5, 5.41) is 13.9. The molecule has 1 amide bonds. The Kier molecular flexibility index (Phi) is 7.57. The maximum atomic E-state index is 12.5. The number of likely N-dealkylation sites (tertiary alicyclic amines) is 1. The molecule has 8 rings (SSSR count). The summed E-state index contributed by atoms with van der Waals surface area (Å²) in [6.07, 6.45) is 11.3. The van der Waals surface area contributed by atoms with Crippen molar-refractivity contribution in [2.75, 3.05) is 31.6 Å². The number of carbonyl (C=O) groups excluding carboxylic acids is 1. The zero-order valence-electron chi connectivity index (χ0n) is 29.4. The standard InChI is InChI=1S/C36H43N11O3/c1-23-10-16-49-33-26(19-39-44(33)6)32-37-13-9-29(41-32)40-30-17-28-25(18-38-30)31(42-47(23)28)27-8-7-24(43(27)5)20-45-14-11-36(12-15-45)21-46(22-36)34(48)50-35(2,3)4/h7-9,11,13-14,17-19,23H,10,12,15-16,20-22H2,1-6H3,(H,37,38,40,41)/t23-/m0/s1. The summed E-state index contributed by atoms with van der Waals surface area (Å²) in [6, 6.07) is 8.22. The fourth-order valence-electron chi connectivity index (χ4n) is 7.02. The normalized spacial score (nSPS) is 18.4. The Hall–Kier alpha value is -5.40. The molecular formula is C36H43N11O3. The minimum absolute atomic E-state index is 0.0362. The van der Waals surface area contributed by atoms with E-state index >= 15 is 0 Å². The van der Waals surface area contributed by atoms with E-state index in [2.05, 4.69) is 67.9 Å². The van der Waals surface area contributed by atoms with Crippen LogP contribution in [0.15, 0.2) is 55.1 Å². The summed E-state index contributed by atoms with van der Waals surface area (Å²) in [4.78, 5) is 30.6. The van der Waals surface area contributed by atoms with Gasteiger partial charge in [-0.05, 0) is 58.5 Å². The highest BCUT2D eigenvalue weighted by molar-refractivity contribution is 5.93. The van der Waals surface area contributed by atoms with Crippen LogP contribution < -0.4 is 10.1 Å². The zero-order chi connectivity index (χ0) is 34.8. The number of hydrogen-bond donors (Lipinski definition) is 1. The number of aromatic nitrogens is 8. The molecule has 260 valence electrons. The first-order valence-electron chi connectivity index (χ1n) is 17.2. The minimum Gasteiger partial charge on any atom is -0.477 e. The lowest BCUT2D eigenvalue weighted by Crippen LogP contribution is -2.60. The molecule has 0 radical (unpaired) electrons. The molecule has 0 aliphatic carbocycles. The number of fused-ring (bicyclic) bond motifs is 5. The van der Waals surface area contributed by atoms with Crippen molar-refractivity contribution in [3.8, 4) is 28.7 Å². The van der Waals surface area contributed by atoms with Crippen LogP contribution in [0.5, 0.6) is 5.88 Å². The van der Waals surface area contributed by atoms with Gasteiger partial charge >= 0.3 is 6.09 Å². The molecule has 14 nitrogen and oxygen atoms in total. The van der Waals surface area contributed by atoms with Crippen molar-refractivity contribution >= 4 is 28.6 Å². The second kappa shape index (κ2) is 11.9. The first-order chi connectivity index (χ1) is 24.0. The van der Waals surface area contributed by atoms with Gasteiger partial charge in [0.25, 0.3) is 0 Å². The van der Waals surface area contributed by atoms with Crippen molar-refractivity contribution in [3.05, 3.63) is 60.8 Å². The number of pyridine rings is 1. The van der Waals surface area contributed by atoms with Gasteiger partial charge in [-0.25, -0.2) is 24.4 Å². The van der Waals surface area contributed by atoms with E-state index in [0.717, 1.165) is 53.8 Å². The van der Waals surface area contributed by atoms with E-state index in [1.54, 1.807) is 22.0 Å². The molecule has 0 aromatic carbocycles. The number of nitrogens with zero attached hydrogens (tertiary/aromatic N) is 10. The van der Waals surface area contributed by atoms with Crippen LogP contribution in [0.1, 0.15) is 52.3 Å². The average molecular weight is 678 g/mol. The molecule has 1 atom stereocenters. The van der Waals surface area contributed by atoms with Gasteiger partial charge in [0.15, 0.2) is 5.82 Å². The van der Waals surface area contributed by atoms with Crippen LogP contribution in [0.4, 0.5) is 16.4 Å². The number of carbonyl (C=O) groups is 1. The highest BCUT2D eigenvalue weighted by Crippen LogP contribution is 2.40. The Morgan fingerprint density at radius 1 is 1.12 bits per heavy atom. The van der Waals surface area contributed by atoms with Crippen LogP contribution in [-0.4, -0.2) is 86.8 Å². The Bertz CT molecular complexity index is 2110. The molecule has 0 unspecified atom stereocenters. The zero-order valence-corrected chi connectivity index (χ0v) is 29.4. The number of anilines is 2. The van der Waals surface area contributed by atoms with Gasteiger partial charge in [-0.15, -0.1) is 0 Å². The Morgan fingerprint density at radius 3 is 2.74 bits per heavy atom. The molecule has 8 heterocycles. The topological polar surface area (TPSA) is 133 Å². The smallest absolute Gasteiger partial charge is 0.410 e. The second-order valence-corrected chi connectivity index (χ2v) is 14.7. The van der Waals surface area contributed by atoms with Crippen molar-refractivity contribution in [2.24, 2.45) is 19.5 Å². The lowest BCUT2D eigenvalue weighted by atomic mass is 9.75. The maximum absolute atomic E-state index is 12.5. The van der Waals surface area contributed by atoms with Crippen LogP contribution in [0.3, 0.4) is 0 Å². The molecule has 3 aliphatic rings. The van der Waals surface area contributed by atoms with Crippen LogP contribution in [0, 0.1) is 5.41 Å². The Balaban J connectivity index is 1.04. The number of ether oxygens (including phenoxy) is 2. The molecule has 50 heavy (non-hydrogen) atoms. The number of aryl methyl sites for hydroxylation is 1. The van der Waals surface area contributed by atoms with Crippen LogP contribution in [-0.2, 0) is 25.4 Å². The third-order valence-corrected chi connectivity index (χ3v) is 9.85. The Labute approximate surface area is 290 Å². The third kappa shape index (κ3) is 5.81. The predicted molar refractivity (Wildman–Crippen MR) is 189 cm³/mol. The quantitative estimate of drug-likeness (QED) is 0.255. The van der Waals surface area contributed by atoms with Crippen LogP contribution >= 0.6 is 0 Å². The molecule has 5 aromatic heterocycles. The van der Waals surface area contributed by atoms with Gasteiger partial charge in [0, 0.05) is 75.1 Å². The van der Waals surface area contributed by atoms with E-state index in [9.17, 15) is 4.79 Å². The van der Waals surface area contributed by atoms with Crippen molar-refractivity contribution in [3.63, 3.8) is 0 Å². The van der Waals surface area contributed by atoms with Gasteiger partial charge in [-0.1, -0.05) is 6.08 Å². The summed E-state index contributed by atoms with van der Waals surface area (Å²) in [5.41, 5.74) is 4.36. The number of rotatable bonds is 3. The summed E-state index contributed by atoms with van der Waals surface area (Å²) in [7, 11) is 3.96. The number of amides is 1. The lowest BCUT2D eigenvalue weighted by molar-refractivity contribution is -0.0252. The van der Waals surface area contributed by atoms with Crippen LogP contribution in [0.2, 0.25) is 0 Å². The monoisotopic (exact) mass is 677 g/mol. The molecule has 1 saturated heterocycles. The van der Waals surface area contributed by atoms with Gasteiger partial charge in [0.1, 0.15) is 28.5 Å². The average Bonchev–Trinajstić information content (AvgIpc) is 3.73. The molecule has 14 heteroatoms. The van der Waals surface area contributed by atoms with Crippen molar-refractivity contribution < 1.29 is 14.3 Å². The first-order valence-corrected chi connectivity index (χ1v) is 17.2. The molecule has 4 bridgehead atoms. The SMILES string of the molecule is C[C@H]1CCOc2c(cnn2C)-c2nccc(n2)Nc2cc3c(cn2)c(-c2ccc(CN4C=CC5(CC4)CN(C(=O)OC(C)(C)C)C5)n2C)nn31. The van der Waals surface area contributed by atoms with E-state index < -0.39 is 5.60 Å². The molecule has 5 aromatic rings. The maximum Gasteiger partial charge on any atom is 0.410 e. The molecule has 1 N–H and O–H groups in total. The minimum atomic E-state index is -0.485. The molecule has 0 saturated carbocycles. The largest absolute Gasteiger partial charge is 0.477 e. The summed E-state index contributed by atoms with van der Waals surface area (Å²) >= 11 is 0. The molecule has 1 fully saturated rings. The second-order valence-electron chi connectivity index (χ2n) is 14.7. The van der Waals surface area contributed by atoms with Gasteiger partial charge in [-0.3, -0.25) is 4.68 Å². The van der Waals surface area contributed by atoms with E-state index in [-0.39, 0.29) is 17.6 Å². The van der Waals surface area contributed by atoms with E-state index in [1.807, 2.05) is 46.1 Å². The van der Waals surface area contributed by atoms with Gasteiger partial charge in [0.05, 0.1) is 36.6 Å². The van der Waals surface area contributed by atoms with Crippen molar-refractivity contribution in [1.29, 1.82) is 0 Å². The highest BCUT2D eigenvalue weighted by Gasteiger charge is 2.45. The van der Waals surface area contributed by atoms with Crippen LogP contribution in [0.25, 0.3) is 33.7 Å². The number of hydrogen-bond acceptors (Lipinski definition) is 10. The van der Waals surface area contributed by atoms with E-state index in [1.165, 1.54) is 5.69 Å². The lowest BCUT2D eigenvalue weighted by Gasteiger charge is -2.50. The molecular weight excluding hydrogens is 634 g/mol. The molecule has 3 aliphatic heterocycles. The summed E-state index contributed by atoms with van der Waals surface area (Å²) in [5.74, 6) is 2.45.